The maximum Gasteiger partial charge on any atom is 0.0895 e. The van der Waals surface area contributed by atoms with Gasteiger partial charge in [-0.15, -0.1) is 0 Å². The van der Waals surface area contributed by atoms with Crippen LogP contribution in [0, 0.1) is 0 Å². The first-order valence-corrected chi connectivity index (χ1v) is 6.51. The predicted octanol–water partition coefficient (Wildman–Crippen LogP) is 2.00. The summed E-state index contributed by atoms with van der Waals surface area (Å²) in [5.41, 5.74) is 2.86. The Labute approximate surface area is 103 Å². The number of anilines is 1. The van der Waals surface area contributed by atoms with Crippen LogP contribution in [0.1, 0.15) is 24.3 Å². The fourth-order valence-corrected chi connectivity index (χ4v) is 2.79. The molecule has 0 amide bonds. The van der Waals surface area contributed by atoms with Gasteiger partial charge in [-0.25, -0.2) is 0 Å². The molecule has 0 atom stereocenters. The molecule has 0 aliphatic carbocycles. The minimum absolute atomic E-state index is 0.710. The summed E-state index contributed by atoms with van der Waals surface area (Å²) in [5, 5.41) is 3.43. The normalized spacial score (nSPS) is 21.1. The van der Waals surface area contributed by atoms with Crippen LogP contribution in [0.15, 0.2) is 29.3 Å². The Bertz CT molecular complexity index is 408. The van der Waals surface area contributed by atoms with Crippen molar-refractivity contribution >= 4 is 12.0 Å². The third-order valence-electron chi connectivity index (χ3n) is 3.72. The molecule has 3 nitrogen and oxygen atoms in total. The fourth-order valence-electron chi connectivity index (χ4n) is 2.79. The Balaban J connectivity index is 1.89. The van der Waals surface area contributed by atoms with Crippen LogP contribution in [-0.2, 0) is 0 Å². The van der Waals surface area contributed by atoms with Crippen LogP contribution in [0.3, 0.4) is 0 Å². The van der Waals surface area contributed by atoms with Gasteiger partial charge in [-0.05, 0) is 43.5 Å². The molecule has 17 heavy (non-hydrogen) atoms. The van der Waals surface area contributed by atoms with E-state index in [0.717, 1.165) is 26.2 Å². The van der Waals surface area contributed by atoms with Crippen molar-refractivity contribution in [1.82, 2.24) is 5.32 Å². The van der Waals surface area contributed by atoms with Crippen molar-refractivity contribution in [3.63, 3.8) is 0 Å². The van der Waals surface area contributed by atoms with Crippen LogP contribution in [0.25, 0.3) is 0 Å². The first-order valence-electron chi connectivity index (χ1n) is 6.51. The molecule has 0 saturated carbocycles. The van der Waals surface area contributed by atoms with E-state index < -0.39 is 0 Å². The van der Waals surface area contributed by atoms with Crippen LogP contribution in [0.4, 0.5) is 5.69 Å². The zero-order chi connectivity index (χ0) is 11.5. The second-order valence-electron chi connectivity index (χ2n) is 4.80. The summed E-state index contributed by atoms with van der Waals surface area (Å²) in [7, 11) is 0. The van der Waals surface area contributed by atoms with Crippen LogP contribution in [0.2, 0.25) is 0 Å². The number of aliphatic imine (C=N–C) groups is 1. The van der Waals surface area contributed by atoms with Gasteiger partial charge in [0.2, 0.25) is 0 Å². The Morgan fingerprint density at radius 3 is 2.76 bits per heavy atom. The Morgan fingerprint density at radius 1 is 1.18 bits per heavy atom. The molecule has 1 saturated heterocycles. The molecule has 2 aliphatic heterocycles. The fraction of sp³-hybridized carbons (Fsp3) is 0.500. The minimum Gasteiger partial charge on any atom is -0.331 e. The average Bonchev–Trinajstić information content (AvgIpc) is 2.94. The third kappa shape index (κ3) is 2.20. The van der Waals surface area contributed by atoms with Gasteiger partial charge in [0.15, 0.2) is 0 Å². The second-order valence-corrected chi connectivity index (χ2v) is 4.80. The van der Waals surface area contributed by atoms with Gasteiger partial charge >= 0.3 is 0 Å². The number of para-hydroxylation sites is 1. The highest BCUT2D eigenvalue weighted by molar-refractivity contribution is 5.82. The standard InChI is InChI=1S/C14H19N3/c1-2-4-14(17-10-9-16-11-17)13(3-1)12-5-7-15-8-6-12/h1-4,11-12,15H,5-10H2. The molecule has 2 aliphatic rings. The topological polar surface area (TPSA) is 27.6 Å². The van der Waals surface area contributed by atoms with Crippen LogP contribution < -0.4 is 10.2 Å². The van der Waals surface area contributed by atoms with Gasteiger partial charge in [0.25, 0.3) is 0 Å². The number of piperidine rings is 1. The summed E-state index contributed by atoms with van der Waals surface area (Å²) in [5.74, 6) is 0.710. The number of nitrogens with one attached hydrogen (secondary N) is 1. The van der Waals surface area contributed by atoms with E-state index in [4.69, 9.17) is 0 Å². The van der Waals surface area contributed by atoms with E-state index in [1.54, 1.807) is 0 Å². The summed E-state index contributed by atoms with van der Waals surface area (Å²) in [6, 6.07) is 8.81. The molecule has 1 N–H and O–H groups in total. The number of hydrogen-bond acceptors (Lipinski definition) is 3. The zero-order valence-electron chi connectivity index (χ0n) is 10.1. The molecule has 3 rings (SSSR count). The number of hydrogen-bond donors (Lipinski definition) is 1. The molecule has 90 valence electrons. The molecule has 1 aromatic rings. The van der Waals surface area contributed by atoms with Gasteiger partial charge in [0.1, 0.15) is 0 Å². The highest BCUT2D eigenvalue weighted by Gasteiger charge is 2.20. The Kier molecular flexibility index (Phi) is 3.10. The minimum atomic E-state index is 0.710. The van der Waals surface area contributed by atoms with Crippen LogP contribution in [0.5, 0.6) is 0 Å². The van der Waals surface area contributed by atoms with E-state index in [1.165, 1.54) is 24.1 Å². The maximum atomic E-state index is 4.32. The number of rotatable bonds is 2. The summed E-state index contributed by atoms with van der Waals surface area (Å²) in [4.78, 5) is 6.61. The summed E-state index contributed by atoms with van der Waals surface area (Å²) >= 11 is 0. The van der Waals surface area contributed by atoms with Crippen molar-refractivity contribution in [3.05, 3.63) is 29.8 Å². The summed E-state index contributed by atoms with van der Waals surface area (Å²) in [6.07, 6.45) is 4.49. The van der Waals surface area contributed by atoms with Crippen molar-refractivity contribution < 1.29 is 0 Å². The Morgan fingerprint density at radius 2 is 2.00 bits per heavy atom. The molecule has 2 heterocycles. The van der Waals surface area contributed by atoms with Crippen LogP contribution >= 0.6 is 0 Å². The van der Waals surface area contributed by atoms with Crippen molar-refractivity contribution in [2.45, 2.75) is 18.8 Å². The third-order valence-corrected chi connectivity index (χ3v) is 3.72. The quantitative estimate of drug-likeness (QED) is 0.840. The highest BCUT2D eigenvalue weighted by Crippen LogP contribution is 2.33. The lowest BCUT2D eigenvalue weighted by Gasteiger charge is -2.27. The first-order chi connectivity index (χ1) is 8.45. The highest BCUT2D eigenvalue weighted by atomic mass is 15.2. The average molecular weight is 229 g/mol. The van der Waals surface area contributed by atoms with Gasteiger partial charge in [-0.3, -0.25) is 4.99 Å². The van der Waals surface area contributed by atoms with Gasteiger partial charge in [0, 0.05) is 12.2 Å². The predicted molar refractivity (Wildman–Crippen MR) is 72.0 cm³/mol. The lowest BCUT2D eigenvalue weighted by Crippen LogP contribution is -2.28. The van der Waals surface area contributed by atoms with Gasteiger partial charge < -0.3 is 10.2 Å². The maximum absolute atomic E-state index is 4.32. The van der Waals surface area contributed by atoms with Crippen molar-refractivity contribution in [3.8, 4) is 0 Å². The number of nitrogens with zero attached hydrogens (tertiary/aromatic N) is 2. The monoisotopic (exact) mass is 229 g/mol. The molecule has 1 fully saturated rings. The van der Waals surface area contributed by atoms with E-state index >= 15 is 0 Å². The molecular formula is C14H19N3. The van der Waals surface area contributed by atoms with Gasteiger partial charge in [-0.2, -0.15) is 0 Å². The summed E-state index contributed by atoms with van der Waals surface area (Å²) in [6.45, 7) is 4.25. The van der Waals surface area contributed by atoms with E-state index in [9.17, 15) is 0 Å². The molecule has 3 heteroatoms. The molecule has 0 radical (unpaired) electrons. The smallest absolute Gasteiger partial charge is 0.0895 e. The summed E-state index contributed by atoms with van der Waals surface area (Å²) < 4.78 is 0. The van der Waals surface area contributed by atoms with Gasteiger partial charge in [0.05, 0.1) is 12.9 Å². The van der Waals surface area contributed by atoms with Crippen LogP contribution in [-0.4, -0.2) is 32.5 Å². The van der Waals surface area contributed by atoms with E-state index in [2.05, 4.69) is 39.5 Å². The Hall–Kier alpha value is -1.35. The zero-order valence-corrected chi connectivity index (χ0v) is 10.1. The molecule has 0 unspecified atom stereocenters. The first kappa shape index (κ1) is 10.8. The number of benzene rings is 1. The largest absolute Gasteiger partial charge is 0.331 e. The van der Waals surface area contributed by atoms with Crippen molar-refractivity contribution in [2.24, 2.45) is 4.99 Å². The molecule has 1 aromatic carbocycles. The van der Waals surface area contributed by atoms with Crippen molar-refractivity contribution in [2.75, 3.05) is 31.1 Å². The lowest BCUT2D eigenvalue weighted by molar-refractivity contribution is 0.461. The van der Waals surface area contributed by atoms with Gasteiger partial charge in [-0.1, -0.05) is 18.2 Å². The van der Waals surface area contributed by atoms with Crippen molar-refractivity contribution in [1.29, 1.82) is 0 Å². The second kappa shape index (κ2) is 4.88. The van der Waals surface area contributed by atoms with E-state index in [1.807, 2.05) is 6.34 Å². The lowest BCUT2D eigenvalue weighted by atomic mass is 9.89. The molecule has 0 bridgehead atoms. The molecule has 0 aromatic heterocycles. The van der Waals surface area contributed by atoms with E-state index in [0.29, 0.717) is 5.92 Å². The molecular weight excluding hydrogens is 210 g/mol. The van der Waals surface area contributed by atoms with E-state index in [-0.39, 0.29) is 0 Å². The molecule has 0 spiro atoms. The SMILES string of the molecule is C1=NCCN1c1ccccc1C1CCNCC1.